The van der Waals surface area contributed by atoms with E-state index in [2.05, 4.69) is 16.4 Å². The predicted molar refractivity (Wildman–Crippen MR) is 97.4 cm³/mol. The zero-order valence-corrected chi connectivity index (χ0v) is 15.0. The SMILES string of the molecule is N#Cc1c(NC(=O)C2CC(=O)N(Cc3ccccn3)C2)sc2c1CCC2. The Labute approximate surface area is 155 Å². The van der Waals surface area contributed by atoms with E-state index in [4.69, 9.17) is 0 Å². The quantitative estimate of drug-likeness (QED) is 0.901. The number of nitrogens with one attached hydrogen (secondary N) is 1. The van der Waals surface area contributed by atoms with E-state index in [1.54, 1.807) is 11.1 Å². The molecule has 7 heteroatoms. The van der Waals surface area contributed by atoms with Crippen molar-refractivity contribution in [2.24, 2.45) is 5.92 Å². The number of rotatable bonds is 4. The van der Waals surface area contributed by atoms with Crippen LogP contribution in [0, 0.1) is 17.2 Å². The maximum atomic E-state index is 12.6. The maximum absolute atomic E-state index is 12.6. The molecule has 4 rings (SSSR count). The number of hydrogen-bond acceptors (Lipinski definition) is 5. The van der Waals surface area contributed by atoms with Crippen LogP contribution in [0.15, 0.2) is 24.4 Å². The van der Waals surface area contributed by atoms with Gasteiger partial charge >= 0.3 is 0 Å². The summed E-state index contributed by atoms with van der Waals surface area (Å²) in [6.45, 7) is 0.800. The van der Waals surface area contributed by atoms with Gasteiger partial charge in [0.1, 0.15) is 11.1 Å². The van der Waals surface area contributed by atoms with Gasteiger partial charge in [-0.2, -0.15) is 5.26 Å². The van der Waals surface area contributed by atoms with Gasteiger partial charge in [-0.05, 0) is 37.0 Å². The first-order chi connectivity index (χ1) is 12.7. The summed E-state index contributed by atoms with van der Waals surface area (Å²) in [6.07, 6.45) is 4.85. The lowest BCUT2D eigenvalue weighted by molar-refractivity contribution is -0.128. The minimum atomic E-state index is -0.394. The van der Waals surface area contributed by atoms with E-state index < -0.39 is 5.92 Å². The van der Waals surface area contributed by atoms with E-state index in [1.165, 1.54) is 16.2 Å². The minimum Gasteiger partial charge on any atom is -0.336 e. The van der Waals surface area contributed by atoms with Crippen LogP contribution in [0.1, 0.15) is 34.5 Å². The molecule has 0 aromatic carbocycles. The largest absolute Gasteiger partial charge is 0.336 e. The van der Waals surface area contributed by atoms with Gasteiger partial charge in [0.15, 0.2) is 0 Å². The summed E-state index contributed by atoms with van der Waals surface area (Å²) in [5.74, 6) is -0.613. The predicted octanol–water partition coefficient (Wildman–Crippen LogP) is 2.49. The summed E-state index contributed by atoms with van der Waals surface area (Å²) in [5, 5.41) is 13.0. The Morgan fingerprint density at radius 3 is 3.08 bits per heavy atom. The van der Waals surface area contributed by atoms with Gasteiger partial charge in [0, 0.05) is 24.0 Å². The van der Waals surface area contributed by atoms with Gasteiger partial charge in [-0.3, -0.25) is 14.6 Å². The number of carbonyl (C=O) groups excluding carboxylic acids is 2. The number of pyridine rings is 1. The Morgan fingerprint density at radius 1 is 1.42 bits per heavy atom. The molecule has 26 heavy (non-hydrogen) atoms. The fourth-order valence-electron chi connectivity index (χ4n) is 3.61. The van der Waals surface area contributed by atoms with Crippen molar-refractivity contribution in [2.75, 3.05) is 11.9 Å². The lowest BCUT2D eigenvalue weighted by atomic mass is 10.1. The zero-order chi connectivity index (χ0) is 18.1. The van der Waals surface area contributed by atoms with Crippen LogP contribution in [0.3, 0.4) is 0 Å². The smallest absolute Gasteiger partial charge is 0.230 e. The molecule has 1 N–H and O–H groups in total. The standard InChI is InChI=1S/C19H18N4O2S/c20-9-15-14-5-3-6-16(14)26-19(15)22-18(25)12-8-17(24)23(10-12)11-13-4-1-2-7-21-13/h1-2,4,7,12H,3,5-6,8,10-11H2,(H,22,25). The molecule has 0 spiro atoms. The van der Waals surface area contributed by atoms with Crippen LogP contribution in [0.4, 0.5) is 5.00 Å². The van der Waals surface area contributed by atoms with E-state index in [9.17, 15) is 14.9 Å². The van der Waals surface area contributed by atoms with Gasteiger partial charge in [0.05, 0.1) is 23.7 Å². The fraction of sp³-hybridized carbons (Fsp3) is 0.368. The van der Waals surface area contributed by atoms with Crippen molar-refractivity contribution >= 4 is 28.2 Å². The van der Waals surface area contributed by atoms with Crippen molar-refractivity contribution in [3.63, 3.8) is 0 Å². The van der Waals surface area contributed by atoms with Crippen LogP contribution in [-0.4, -0.2) is 28.2 Å². The average molecular weight is 366 g/mol. The molecule has 3 heterocycles. The maximum Gasteiger partial charge on any atom is 0.230 e. The molecule has 2 aromatic rings. The molecule has 132 valence electrons. The average Bonchev–Trinajstić information content (AvgIpc) is 3.31. The third-order valence-electron chi connectivity index (χ3n) is 4.93. The van der Waals surface area contributed by atoms with Gasteiger partial charge < -0.3 is 10.2 Å². The molecule has 2 aliphatic rings. The fourth-order valence-corrected chi connectivity index (χ4v) is 4.86. The highest BCUT2D eigenvalue weighted by atomic mass is 32.1. The Hall–Kier alpha value is -2.72. The number of anilines is 1. The molecule has 0 bridgehead atoms. The Bertz CT molecular complexity index is 900. The second-order valence-corrected chi connectivity index (χ2v) is 7.76. The van der Waals surface area contributed by atoms with E-state index in [1.807, 2.05) is 18.2 Å². The van der Waals surface area contributed by atoms with Crippen molar-refractivity contribution in [3.8, 4) is 6.07 Å². The summed E-state index contributed by atoms with van der Waals surface area (Å²) >= 11 is 1.50. The number of hydrogen-bond donors (Lipinski definition) is 1. The number of amides is 2. The van der Waals surface area contributed by atoms with Crippen LogP contribution in [-0.2, 0) is 29.0 Å². The summed E-state index contributed by atoms with van der Waals surface area (Å²) in [5.41, 5.74) is 2.50. The first kappa shape index (κ1) is 16.7. The first-order valence-corrected chi connectivity index (χ1v) is 9.50. The molecule has 0 radical (unpaired) electrons. The Balaban J connectivity index is 1.43. The third-order valence-corrected chi connectivity index (χ3v) is 6.14. The van der Waals surface area contributed by atoms with Crippen LogP contribution in [0.2, 0.25) is 0 Å². The van der Waals surface area contributed by atoms with Gasteiger partial charge in [0.25, 0.3) is 0 Å². The first-order valence-electron chi connectivity index (χ1n) is 8.69. The van der Waals surface area contributed by atoms with E-state index in [0.717, 1.165) is 30.5 Å². The number of fused-ring (bicyclic) bond motifs is 1. The topological polar surface area (TPSA) is 86.1 Å². The van der Waals surface area contributed by atoms with Crippen LogP contribution in [0.25, 0.3) is 0 Å². The highest BCUT2D eigenvalue weighted by Crippen LogP contribution is 2.39. The second kappa shape index (κ2) is 6.89. The second-order valence-electron chi connectivity index (χ2n) is 6.66. The summed E-state index contributed by atoms with van der Waals surface area (Å²) in [4.78, 5) is 32.0. The van der Waals surface area contributed by atoms with Crippen molar-refractivity contribution in [3.05, 3.63) is 46.1 Å². The lowest BCUT2D eigenvalue weighted by Crippen LogP contribution is -2.28. The molecule has 1 atom stereocenters. The Kier molecular flexibility index (Phi) is 4.43. The van der Waals surface area contributed by atoms with Crippen molar-refractivity contribution in [1.29, 1.82) is 5.26 Å². The van der Waals surface area contributed by atoms with Gasteiger partial charge in [-0.15, -0.1) is 11.3 Å². The molecule has 6 nitrogen and oxygen atoms in total. The molecule has 1 aliphatic heterocycles. The molecule has 0 saturated carbocycles. The number of aromatic nitrogens is 1. The monoisotopic (exact) mass is 366 g/mol. The molecule has 1 saturated heterocycles. The third kappa shape index (κ3) is 3.08. The molecule has 1 fully saturated rings. The molecule has 2 aromatic heterocycles. The number of nitrogens with zero attached hydrogens (tertiary/aromatic N) is 3. The zero-order valence-electron chi connectivity index (χ0n) is 14.2. The number of thiophene rings is 1. The number of likely N-dealkylation sites (tertiary alicyclic amines) is 1. The summed E-state index contributed by atoms with van der Waals surface area (Å²) in [6, 6.07) is 7.81. The number of carbonyl (C=O) groups is 2. The normalized spacial score (nSPS) is 18.7. The minimum absolute atomic E-state index is 0.0371. The number of aryl methyl sites for hydroxylation is 1. The lowest BCUT2D eigenvalue weighted by Gasteiger charge is -2.16. The molecular formula is C19H18N4O2S. The van der Waals surface area contributed by atoms with Crippen molar-refractivity contribution in [2.45, 2.75) is 32.2 Å². The van der Waals surface area contributed by atoms with E-state index >= 15 is 0 Å². The highest BCUT2D eigenvalue weighted by Gasteiger charge is 2.35. The van der Waals surface area contributed by atoms with E-state index in [-0.39, 0.29) is 18.2 Å². The van der Waals surface area contributed by atoms with Gasteiger partial charge in [0.2, 0.25) is 11.8 Å². The molecule has 1 unspecified atom stereocenters. The highest BCUT2D eigenvalue weighted by molar-refractivity contribution is 7.16. The van der Waals surface area contributed by atoms with E-state index in [0.29, 0.717) is 23.7 Å². The number of nitriles is 1. The molecule has 1 aliphatic carbocycles. The van der Waals surface area contributed by atoms with Crippen LogP contribution >= 0.6 is 11.3 Å². The van der Waals surface area contributed by atoms with Crippen LogP contribution < -0.4 is 5.32 Å². The molecule has 2 amide bonds. The Morgan fingerprint density at radius 2 is 2.31 bits per heavy atom. The summed E-state index contributed by atoms with van der Waals surface area (Å²) < 4.78 is 0. The summed E-state index contributed by atoms with van der Waals surface area (Å²) in [7, 11) is 0. The van der Waals surface area contributed by atoms with Crippen LogP contribution in [0.5, 0.6) is 0 Å². The van der Waals surface area contributed by atoms with Gasteiger partial charge in [-0.1, -0.05) is 6.07 Å². The van der Waals surface area contributed by atoms with Gasteiger partial charge in [-0.25, -0.2) is 0 Å². The molecular weight excluding hydrogens is 348 g/mol. The van der Waals surface area contributed by atoms with Crippen molar-refractivity contribution < 1.29 is 9.59 Å². The van der Waals surface area contributed by atoms with Crippen molar-refractivity contribution in [1.82, 2.24) is 9.88 Å².